The number of rotatable bonds is 8. The highest BCUT2D eigenvalue weighted by molar-refractivity contribution is 6.02. The average Bonchev–Trinajstić information content (AvgIpc) is 2.80. The molecule has 0 N–H and O–H groups in total. The van der Waals surface area contributed by atoms with Crippen LogP contribution in [0.3, 0.4) is 0 Å². The van der Waals surface area contributed by atoms with Gasteiger partial charge in [-0.05, 0) is 48.6 Å². The van der Waals surface area contributed by atoms with Crippen LogP contribution in [-0.4, -0.2) is 50.6 Å². The summed E-state index contributed by atoms with van der Waals surface area (Å²) < 4.78 is 15.5. The molecule has 1 heterocycles. The maximum Gasteiger partial charge on any atom is 0.338 e. The van der Waals surface area contributed by atoms with Crippen LogP contribution in [-0.2, 0) is 4.74 Å². The Morgan fingerprint density at radius 3 is 2.36 bits per heavy atom. The summed E-state index contributed by atoms with van der Waals surface area (Å²) in [4.78, 5) is 38.4. The number of hydrogen-bond donors (Lipinski definition) is 0. The second-order valence-electron chi connectivity index (χ2n) is 8.38. The third-order valence-electron chi connectivity index (χ3n) is 5.66. The van der Waals surface area contributed by atoms with E-state index in [0.717, 1.165) is 6.42 Å². The van der Waals surface area contributed by atoms with Crippen molar-refractivity contribution in [3.05, 3.63) is 57.6 Å². The second-order valence-corrected chi connectivity index (χ2v) is 8.38. The summed E-state index contributed by atoms with van der Waals surface area (Å²) in [6.07, 6.45) is 1.07. The van der Waals surface area contributed by atoms with Crippen LogP contribution in [0.1, 0.15) is 41.0 Å². The van der Waals surface area contributed by atoms with E-state index in [1.807, 2.05) is 4.90 Å². The number of hydrogen-bond acceptors (Lipinski definition) is 8. The lowest BCUT2D eigenvalue weighted by atomic mass is 9.91. The fourth-order valence-corrected chi connectivity index (χ4v) is 4.25. The number of ketones is 1. The molecule has 0 saturated carbocycles. The molecular weight excluding hydrogens is 428 g/mol. The van der Waals surface area contributed by atoms with E-state index in [9.17, 15) is 19.7 Å². The Bertz CT molecular complexity index is 1040. The third-order valence-corrected chi connectivity index (χ3v) is 5.66. The first kappa shape index (κ1) is 24.0. The maximum absolute atomic E-state index is 12.6. The minimum absolute atomic E-state index is 0.00830. The molecule has 0 radical (unpaired) electrons. The molecule has 9 nitrogen and oxygen atoms in total. The predicted molar refractivity (Wildman–Crippen MR) is 122 cm³/mol. The Morgan fingerprint density at radius 2 is 1.76 bits per heavy atom. The molecule has 33 heavy (non-hydrogen) atoms. The van der Waals surface area contributed by atoms with E-state index in [-0.39, 0.29) is 16.8 Å². The zero-order valence-corrected chi connectivity index (χ0v) is 19.2. The lowest BCUT2D eigenvalue weighted by Crippen LogP contribution is -2.39. The van der Waals surface area contributed by atoms with Crippen LogP contribution in [0, 0.1) is 22.0 Å². The molecule has 0 aliphatic carbocycles. The maximum atomic E-state index is 12.6. The van der Waals surface area contributed by atoms with Crippen molar-refractivity contribution in [2.24, 2.45) is 11.8 Å². The zero-order valence-electron chi connectivity index (χ0n) is 19.2. The Morgan fingerprint density at radius 1 is 1.06 bits per heavy atom. The van der Waals surface area contributed by atoms with Gasteiger partial charge in [0, 0.05) is 19.2 Å². The summed E-state index contributed by atoms with van der Waals surface area (Å²) >= 11 is 0. The normalized spacial score (nSPS) is 17.9. The van der Waals surface area contributed by atoms with Gasteiger partial charge in [-0.2, -0.15) is 0 Å². The van der Waals surface area contributed by atoms with Crippen molar-refractivity contribution in [1.29, 1.82) is 0 Å². The van der Waals surface area contributed by atoms with E-state index in [1.54, 1.807) is 18.2 Å². The van der Waals surface area contributed by atoms with Crippen LogP contribution in [0.5, 0.6) is 11.5 Å². The summed E-state index contributed by atoms with van der Waals surface area (Å²) in [5.74, 6) is 0.303. The van der Waals surface area contributed by atoms with Crippen molar-refractivity contribution in [2.75, 3.05) is 38.8 Å². The van der Waals surface area contributed by atoms with Crippen LogP contribution < -0.4 is 14.4 Å². The first-order valence-electron chi connectivity index (χ1n) is 10.7. The number of nitro groups is 1. The Hall–Kier alpha value is -3.62. The summed E-state index contributed by atoms with van der Waals surface area (Å²) in [5.41, 5.74) is 0.534. The summed E-state index contributed by atoms with van der Waals surface area (Å²) in [6.45, 7) is 5.12. The van der Waals surface area contributed by atoms with Gasteiger partial charge in [-0.1, -0.05) is 13.8 Å². The predicted octanol–water partition coefficient (Wildman–Crippen LogP) is 4.13. The van der Waals surface area contributed by atoms with Crippen LogP contribution in [0.4, 0.5) is 11.4 Å². The first-order chi connectivity index (χ1) is 15.7. The Kier molecular flexibility index (Phi) is 7.52. The molecule has 2 unspecified atom stereocenters. The lowest BCUT2D eigenvalue weighted by molar-refractivity contribution is -0.384. The van der Waals surface area contributed by atoms with Gasteiger partial charge in [-0.25, -0.2) is 4.79 Å². The van der Waals surface area contributed by atoms with Gasteiger partial charge in [0.05, 0.1) is 30.3 Å². The Labute approximate surface area is 192 Å². The minimum Gasteiger partial charge on any atom is -0.497 e. The Balaban J connectivity index is 1.76. The molecule has 2 aromatic rings. The summed E-state index contributed by atoms with van der Waals surface area (Å²) in [5, 5.41) is 11.7. The number of carbonyl (C=O) groups excluding carboxylic acids is 2. The molecule has 1 fully saturated rings. The molecule has 176 valence electrons. The van der Waals surface area contributed by atoms with Crippen LogP contribution >= 0.6 is 0 Å². The highest BCUT2D eigenvalue weighted by Gasteiger charge is 2.28. The van der Waals surface area contributed by atoms with Crippen molar-refractivity contribution in [3.8, 4) is 11.5 Å². The van der Waals surface area contributed by atoms with Gasteiger partial charge in [-0.3, -0.25) is 14.9 Å². The molecule has 0 amide bonds. The van der Waals surface area contributed by atoms with Crippen molar-refractivity contribution in [3.63, 3.8) is 0 Å². The number of anilines is 1. The molecule has 0 spiro atoms. The molecule has 3 rings (SSSR count). The van der Waals surface area contributed by atoms with Gasteiger partial charge < -0.3 is 19.1 Å². The largest absolute Gasteiger partial charge is 0.497 e. The molecule has 1 aliphatic rings. The standard InChI is InChI=1S/C24H28N2O7/c1-15-9-16(2)13-25(12-15)20-7-5-17(10-21(20)26(29)30)24(28)33-14-22(27)19-11-18(31-3)6-8-23(19)32-4/h5-8,10-11,15-16H,9,12-14H2,1-4H3. The molecule has 2 atom stereocenters. The molecule has 2 aromatic carbocycles. The van der Waals surface area contributed by atoms with E-state index in [4.69, 9.17) is 14.2 Å². The fourth-order valence-electron chi connectivity index (χ4n) is 4.25. The highest BCUT2D eigenvalue weighted by atomic mass is 16.6. The molecule has 1 aliphatic heterocycles. The topological polar surface area (TPSA) is 108 Å². The second kappa shape index (κ2) is 10.3. The van der Waals surface area contributed by atoms with Gasteiger partial charge >= 0.3 is 5.97 Å². The number of Topliss-reactive ketones (excluding diaryl/α,β-unsaturated/α-hetero) is 1. The van der Waals surface area contributed by atoms with Crippen molar-refractivity contribution < 1.29 is 28.7 Å². The molecule has 9 heteroatoms. The number of esters is 1. The molecule has 1 saturated heterocycles. The summed E-state index contributed by atoms with van der Waals surface area (Å²) in [7, 11) is 2.90. The highest BCUT2D eigenvalue weighted by Crippen LogP contribution is 2.34. The number of benzene rings is 2. The number of piperidine rings is 1. The number of carbonyl (C=O) groups is 2. The molecular formula is C24H28N2O7. The van der Waals surface area contributed by atoms with Gasteiger partial charge in [0.25, 0.3) is 5.69 Å². The number of nitrogens with zero attached hydrogens (tertiary/aromatic N) is 2. The van der Waals surface area contributed by atoms with Crippen molar-refractivity contribution >= 4 is 23.1 Å². The minimum atomic E-state index is -0.819. The van der Waals surface area contributed by atoms with Crippen LogP contribution in [0.2, 0.25) is 0 Å². The van der Waals surface area contributed by atoms with Crippen molar-refractivity contribution in [1.82, 2.24) is 0 Å². The van der Waals surface area contributed by atoms with Gasteiger partial charge in [0.1, 0.15) is 17.2 Å². The van der Waals surface area contributed by atoms with E-state index in [1.165, 1.54) is 32.4 Å². The van der Waals surface area contributed by atoms with Gasteiger partial charge in [-0.15, -0.1) is 0 Å². The zero-order chi connectivity index (χ0) is 24.1. The van der Waals surface area contributed by atoms with E-state index in [2.05, 4.69) is 13.8 Å². The quantitative estimate of drug-likeness (QED) is 0.252. The average molecular weight is 456 g/mol. The van der Waals surface area contributed by atoms with Crippen LogP contribution in [0.25, 0.3) is 0 Å². The third kappa shape index (κ3) is 5.60. The van der Waals surface area contributed by atoms with E-state index < -0.39 is 23.3 Å². The van der Waals surface area contributed by atoms with E-state index in [0.29, 0.717) is 42.1 Å². The van der Waals surface area contributed by atoms with Gasteiger partial charge in [0.2, 0.25) is 5.78 Å². The number of nitro benzene ring substituents is 1. The lowest BCUT2D eigenvalue weighted by Gasteiger charge is -2.36. The number of methoxy groups -OCH3 is 2. The SMILES string of the molecule is COc1ccc(OC)c(C(=O)COC(=O)c2ccc(N3CC(C)CC(C)C3)c([N+](=O)[O-])c2)c1. The molecule has 0 bridgehead atoms. The smallest absolute Gasteiger partial charge is 0.338 e. The summed E-state index contributed by atoms with van der Waals surface area (Å²) in [6, 6.07) is 9.00. The number of ether oxygens (including phenoxy) is 3. The fraction of sp³-hybridized carbons (Fsp3) is 0.417. The van der Waals surface area contributed by atoms with E-state index >= 15 is 0 Å². The monoisotopic (exact) mass is 456 g/mol. The van der Waals surface area contributed by atoms with Gasteiger partial charge in [0.15, 0.2) is 6.61 Å². The van der Waals surface area contributed by atoms with Crippen LogP contribution in [0.15, 0.2) is 36.4 Å². The molecule has 0 aromatic heterocycles. The first-order valence-corrected chi connectivity index (χ1v) is 10.7. The van der Waals surface area contributed by atoms with Crippen molar-refractivity contribution in [2.45, 2.75) is 20.3 Å².